The van der Waals surface area contributed by atoms with E-state index in [9.17, 15) is 4.39 Å². The second-order valence-corrected chi connectivity index (χ2v) is 4.98. The molecule has 0 bridgehead atoms. The Morgan fingerprint density at radius 3 is 2.94 bits per heavy atom. The van der Waals surface area contributed by atoms with Gasteiger partial charge in [-0.2, -0.15) is 0 Å². The Labute approximate surface area is 114 Å². The lowest BCUT2D eigenvalue weighted by Gasteiger charge is -2.06. The normalized spacial score (nSPS) is 10.8. The topological polar surface area (TPSA) is 29.9 Å². The number of nitrogens with zero attached hydrogens (tertiary/aromatic N) is 2. The molecule has 0 atom stereocenters. The summed E-state index contributed by atoms with van der Waals surface area (Å²) >= 11 is 3.18. The van der Waals surface area contributed by atoms with Gasteiger partial charge in [-0.15, -0.1) is 0 Å². The second-order valence-electron chi connectivity index (χ2n) is 4.13. The quantitative estimate of drug-likeness (QED) is 0.860. The van der Waals surface area contributed by atoms with E-state index >= 15 is 0 Å². The molecule has 5 heteroatoms. The molecule has 3 nitrogen and oxygen atoms in total. The van der Waals surface area contributed by atoms with Crippen LogP contribution in [0.15, 0.2) is 35.1 Å². The van der Waals surface area contributed by atoms with Crippen molar-refractivity contribution in [2.75, 3.05) is 6.54 Å². The molecule has 0 aliphatic heterocycles. The average molecular weight is 312 g/mol. The molecule has 1 heterocycles. The number of benzene rings is 1. The molecule has 0 spiro atoms. The predicted molar refractivity (Wildman–Crippen MR) is 72.7 cm³/mol. The lowest BCUT2D eigenvalue weighted by atomic mass is 10.2. The first kappa shape index (κ1) is 13.2. The van der Waals surface area contributed by atoms with Crippen LogP contribution in [-0.4, -0.2) is 16.1 Å². The van der Waals surface area contributed by atoms with Crippen LogP contribution in [0.5, 0.6) is 0 Å². The third-order valence-corrected chi connectivity index (χ3v) is 3.37. The second kappa shape index (κ2) is 6.11. The van der Waals surface area contributed by atoms with Crippen LogP contribution in [0.2, 0.25) is 0 Å². The van der Waals surface area contributed by atoms with Gasteiger partial charge >= 0.3 is 0 Å². The van der Waals surface area contributed by atoms with Gasteiger partial charge in [-0.25, -0.2) is 9.37 Å². The van der Waals surface area contributed by atoms with Gasteiger partial charge in [-0.1, -0.05) is 6.07 Å². The Hall–Kier alpha value is -1.20. The fourth-order valence-electron chi connectivity index (χ4n) is 1.72. The Bertz CT molecular complexity index is 525. The van der Waals surface area contributed by atoms with Crippen LogP contribution in [0.1, 0.15) is 11.4 Å². The van der Waals surface area contributed by atoms with E-state index < -0.39 is 0 Å². The summed E-state index contributed by atoms with van der Waals surface area (Å²) in [6, 6.07) is 5.05. The molecular formula is C13H15BrFN3. The van der Waals surface area contributed by atoms with E-state index in [1.165, 1.54) is 6.07 Å². The van der Waals surface area contributed by atoms with E-state index in [1.54, 1.807) is 18.3 Å². The van der Waals surface area contributed by atoms with Gasteiger partial charge < -0.3 is 9.88 Å². The lowest BCUT2D eigenvalue weighted by Crippen LogP contribution is -2.18. The van der Waals surface area contributed by atoms with Crippen LogP contribution in [-0.2, 0) is 20.0 Å². The minimum Gasteiger partial charge on any atom is -0.338 e. The van der Waals surface area contributed by atoms with Crippen LogP contribution in [0.4, 0.5) is 4.39 Å². The molecule has 2 aromatic rings. The van der Waals surface area contributed by atoms with Crippen molar-refractivity contribution >= 4 is 15.9 Å². The van der Waals surface area contributed by atoms with E-state index in [-0.39, 0.29) is 5.82 Å². The smallest absolute Gasteiger partial charge is 0.137 e. The number of imidazole rings is 1. The molecule has 0 fully saturated rings. The van der Waals surface area contributed by atoms with E-state index in [0.29, 0.717) is 4.47 Å². The van der Waals surface area contributed by atoms with Crippen LogP contribution in [0.3, 0.4) is 0 Å². The maximum absolute atomic E-state index is 13.0. The minimum atomic E-state index is -0.230. The van der Waals surface area contributed by atoms with Gasteiger partial charge in [0.15, 0.2) is 0 Å². The molecule has 0 aliphatic carbocycles. The number of hydrogen-bond acceptors (Lipinski definition) is 2. The van der Waals surface area contributed by atoms with E-state index in [2.05, 4.69) is 26.2 Å². The van der Waals surface area contributed by atoms with Gasteiger partial charge in [-0.05, 0) is 33.6 Å². The molecule has 0 radical (unpaired) electrons. The SMILES string of the molecule is Cn1ccnc1CCNCc1ccc(F)c(Br)c1. The fraction of sp³-hybridized carbons (Fsp3) is 0.308. The number of hydrogen-bond donors (Lipinski definition) is 1. The van der Waals surface area contributed by atoms with Crippen LogP contribution in [0.25, 0.3) is 0 Å². The number of aryl methyl sites for hydroxylation is 1. The summed E-state index contributed by atoms with van der Waals surface area (Å²) in [6.45, 7) is 1.57. The molecule has 96 valence electrons. The number of rotatable bonds is 5. The summed E-state index contributed by atoms with van der Waals surface area (Å²) in [5, 5.41) is 3.32. The molecule has 0 amide bonds. The zero-order valence-corrected chi connectivity index (χ0v) is 11.7. The number of nitrogens with one attached hydrogen (secondary N) is 1. The summed E-state index contributed by atoms with van der Waals surface area (Å²) in [4.78, 5) is 4.25. The maximum atomic E-state index is 13.0. The van der Waals surface area contributed by atoms with Crippen molar-refractivity contribution in [2.24, 2.45) is 7.05 Å². The third-order valence-electron chi connectivity index (χ3n) is 2.76. The standard InChI is InChI=1S/C13H15BrFN3/c1-18-7-6-17-13(18)4-5-16-9-10-2-3-12(15)11(14)8-10/h2-3,6-8,16H,4-5,9H2,1H3. The number of halogens is 2. The highest BCUT2D eigenvalue weighted by Crippen LogP contribution is 2.16. The van der Waals surface area contributed by atoms with Gasteiger partial charge in [0.05, 0.1) is 4.47 Å². The monoisotopic (exact) mass is 311 g/mol. The van der Waals surface area contributed by atoms with Gasteiger partial charge in [-0.3, -0.25) is 0 Å². The fourth-order valence-corrected chi connectivity index (χ4v) is 2.15. The first-order chi connectivity index (χ1) is 8.66. The maximum Gasteiger partial charge on any atom is 0.137 e. The van der Waals surface area contributed by atoms with Crippen molar-refractivity contribution in [3.63, 3.8) is 0 Å². The predicted octanol–water partition coefficient (Wildman–Crippen LogP) is 2.65. The summed E-state index contributed by atoms with van der Waals surface area (Å²) in [6.07, 6.45) is 4.62. The zero-order chi connectivity index (χ0) is 13.0. The van der Waals surface area contributed by atoms with Crippen molar-refractivity contribution in [3.8, 4) is 0 Å². The molecule has 1 aromatic carbocycles. The van der Waals surface area contributed by atoms with Crippen molar-refractivity contribution in [1.82, 2.24) is 14.9 Å². The Balaban J connectivity index is 1.78. The van der Waals surface area contributed by atoms with E-state index in [1.807, 2.05) is 17.8 Å². The molecule has 18 heavy (non-hydrogen) atoms. The summed E-state index contributed by atoms with van der Waals surface area (Å²) in [5.74, 6) is 0.828. The lowest BCUT2D eigenvalue weighted by molar-refractivity contribution is 0.617. The highest BCUT2D eigenvalue weighted by Gasteiger charge is 2.01. The van der Waals surface area contributed by atoms with Crippen molar-refractivity contribution < 1.29 is 4.39 Å². The largest absolute Gasteiger partial charge is 0.338 e. The molecule has 0 unspecified atom stereocenters. The molecular weight excluding hydrogens is 297 g/mol. The van der Waals surface area contributed by atoms with Crippen LogP contribution >= 0.6 is 15.9 Å². The molecule has 0 aliphatic rings. The van der Waals surface area contributed by atoms with Crippen molar-refractivity contribution in [1.29, 1.82) is 0 Å². The molecule has 0 saturated carbocycles. The molecule has 1 N–H and O–H groups in total. The Morgan fingerprint density at radius 1 is 1.44 bits per heavy atom. The van der Waals surface area contributed by atoms with Crippen LogP contribution in [0, 0.1) is 5.82 Å². The van der Waals surface area contributed by atoms with Crippen molar-refractivity contribution in [3.05, 3.63) is 52.3 Å². The summed E-state index contributed by atoms with van der Waals surface area (Å²) in [5.41, 5.74) is 1.06. The van der Waals surface area contributed by atoms with Crippen molar-refractivity contribution in [2.45, 2.75) is 13.0 Å². The molecule has 1 aromatic heterocycles. The van der Waals surface area contributed by atoms with E-state index in [4.69, 9.17) is 0 Å². The minimum absolute atomic E-state index is 0.230. The highest BCUT2D eigenvalue weighted by atomic mass is 79.9. The van der Waals surface area contributed by atoms with Gasteiger partial charge in [0.1, 0.15) is 11.6 Å². The third kappa shape index (κ3) is 3.40. The first-order valence-electron chi connectivity index (χ1n) is 5.77. The van der Waals surface area contributed by atoms with Gasteiger partial charge in [0.25, 0.3) is 0 Å². The van der Waals surface area contributed by atoms with E-state index in [0.717, 1.165) is 30.9 Å². The Morgan fingerprint density at radius 2 is 2.28 bits per heavy atom. The summed E-state index contributed by atoms with van der Waals surface area (Å²) < 4.78 is 15.6. The van der Waals surface area contributed by atoms with Gasteiger partial charge in [0, 0.05) is 39.0 Å². The molecule has 2 rings (SSSR count). The Kier molecular flexibility index (Phi) is 4.49. The highest BCUT2D eigenvalue weighted by molar-refractivity contribution is 9.10. The summed E-state index contributed by atoms with van der Waals surface area (Å²) in [7, 11) is 1.99. The number of aromatic nitrogens is 2. The first-order valence-corrected chi connectivity index (χ1v) is 6.57. The molecule has 0 saturated heterocycles. The van der Waals surface area contributed by atoms with Crippen LogP contribution < -0.4 is 5.32 Å². The zero-order valence-electron chi connectivity index (χ0n) is 10.2. The van der Waals surface area contributed by atoms with Gasteiger partial charge in [0.2, 0.25) is 0 Å². The average Bonchev–Trinajstić information content (AvgIpc) is 2.75.